The average molecular weight is 405 g/mol. The lowest BCUT2D eigenvalue weighted by Gasteiger charge is -2.35. The second-order valence-electron chi connectivity index (χ2n) is 6.06. The van der Waals surface area contributed by atoms with Crippen molar-refractivity contribution in [3.63, 3.8) is 0 Å². The Kier molecular flexibility index (Phi) is 5.75. The predicted molar refractivity (Wildman–Crippen MR) is 108 cm³/mol. The van der Waals surface area contributed by atoms with Gasteiger partial charge in [0.2, 0.25) is 12.3 Å². The molecule has 0 N–H and O–H groups in total. The van der Waals surface area contributed by atoms with Crippen LogP contribution in [-0.2, 0) is 22.9 Å². The van der Waals surface area contributed by atoms with Gasteiger partial charge in [-0.3, -0.25) is 0 Å². The third kappa shape index (κ3) is 3.55. The van der Waals surface area contributed by atoms with Crippen LogP contribution < -0.4 is 5.30 Å². The summed E-state index contributed by atoms with van der Waals surface area (Å²) in [5.41, 5.74) is 1.44. The maximum atomic E-state index is 13.3. The Morgan fingerprint density at radius 1 is 1.30 bits per heavy atom. The average Bonchev–Trinajstić information content (AvgIpc) is 2.98. The highest BCUT2D eigenvalue weighted by molar-refractivity contribution is 8.15. The molecule has 0 unspecified atom stereocenters. The van der Waals surface area contributed by atoms with E-state index in [4.69, 9.17) is 21.6 Å². The van der Waals surface area contributed by atoms with Gasteiger partial charge in [-0.1, -0.05) is 13.8 Å². The van der Waals surface area contributed by atoms with Crippen molar-refractivity contribution in [2.75, 3.05) is 13.1 Å². The van der Waals surface area contributed by atoms with Gasteiger partial charge >= 0.3 is 0 Å². The quantitative estimate of drug-likeness (QED) is 0.687. The van der Waals surface area contributed by atoms with Crippen molar-refractivity contribution in [1.29, 1.82) is 5.26 Å². The van der Waals surface area contributed by atoms with Crippen LogP contribution in [0.5, 0.6) is 0 Å². The lowest BCUT2D eigenvalue weighted by atomic mass is 10.2. The zero-order valence-electron chi connectivity index (χ0n) is 15.5. The summed E-state index contributed by atoms with van der Waals surface area (Å²) >= 11 is 6.09. The number of aryl methyl sites for hydroxylation is 2. The molecule has 0 aliphatic carbocycles. The van der Waals surface area contributed by atoms with Crippen molar-refractivity contribution in [3.05, 3.63) is 41.3 Å². The molecule has 2 aromatic rings. The van der Waals surface area contributed by atoms with Crippen LogP contribution in [0.2, 0.25) is 0 Å². The first-order chi connectivity index (χ1) is 12.9. The van der Waals surface area contributed by atoms with E-state index in [2.05, 4.69) is 20.8 Å². The van der Waals surface area contributed by atoms with Crippen LogP contribution in [0.15, 0.2) is 29.3 Å². The largest absolute Gasteiger partial charge is 0.431 e. The molecule has 27 heavy (non-hydrogen) atoms. The van der Waals surface area contributed by atoms with E-state index >= 15 is 0 Å². The van der Waals surface area contributed by atoms with Crippen LogP contribution in [0.3, 0.4) is 0 Å². The summed E-state index contributed by atoms with van der Waals surface area (Å²) in [7, 11) is 0. The lowest BCUT2D eigenvalue weighted by molar-refractivity contribution is 0.447. The molecule has 2 heterocycles. The molecule has 1 atom stereocenters. The monoisotopic (exact) mass is 405 g/mol. The van der Waals surface area contributed by atoms with Gasteiger partial charge in [0.05, 0.1) is 24.7 Å². The third-order valence-electron chi connectivity index (χ3n) is 4.40. The van der Waals surface area contributed by atoms with Crippen LogP contribution in [0.4, 0.5) is 10.2 Å². The summed E-state index contributed by atoms with van der Waals surface area (Å²) in [6.45, 7) is 7.87. The van der Waals surface area contributed by atoms with Crippen LogP contribution in [0.25, 0.3) is 0 Å². The van der Waals surface area contributed by atoms with Gasteiger partial charge in [-0.15, -0.1) is 0 Å². The Morgan fingerprint density at radius 2 is 1.96 bits per heavy atom. The van der Waals surface area contributed by atoms with E-state index in [0.717, 1.165) is 24.1 Å². The molecule has 1 aromatic carbocycles. The molecule has 0 spiro atoms. The highest BCUT2D eigenvalue weighted by atomic mass is 32.4. The number of benzene rings is 1. The summed E-state index contributed by atoms with van der Waals surface area (Å²) in [5.74, 6) is 0.688. The Bertz CT molecular complexity index is 959. The van der Waals surface area contributed by atoms with Gasteiger partial charge < -0.3 is 4.52 Å². The Balaban J connectivity index is 2.20. The van der Waals surface area contributed by atoms with E-state index in [9.17, 15) is 4.39 Å². The molecule has 0 saturated carbocycles. The predicted octanol–water partition coefficient (Wildman–Crippen LogP) is 3.63. The molecular formula is C18H21FN5OPS. The van der Waals surface area contributed by atoms with Crippen LogP contribution in [0, 0.1) is 24.1 Å². The number of aromatic nitrogens is 2. The molecule has 9 heteroatoms. The van der Waals surface area contributed by atoms with Gasteiger partial charge in [0.15, 0.2) is 5.82 Å². The third-order valence-corrected chi connectivity index (χ3v) is 8.68. The molecule has 0 bridgehead atoms. The molecule has 1 aromatic heterocycles. The number of fused-ring (bicyclic) bond motifs is 1. The Labute approximate surface area is 163 Å². The van der Waals surface area contributed by atoms with Crippen LogP contribution in [-0.4, -0.2) is 33.4 Å². The Morgan fingerprint density at radius 3 is 2.56 bits per heavy atom. The summed E-state index contributed by atoms with van der Waals surface area (Å²) in [4.78, 5) is 4.66. The summed E-state index contributed by atoms with van der Waals surface area (Å²) in [6, 6.07) is 8.14. The number of aliphatic imine (C=N–C) groups is 1. The van der Waals surface area contributed by atoms with Crippen molar-refractivity contribution < 1.29 is 8.91 Å². The zero-order chi connectivity index (χ0) is 19.6. The number of hydrogen-bond donors (Lipinski definition) is 0. The maximum absolute atomic E-state index is 13.3. The van der Waals surface area contributed by atoms with E-state index < -0.39 is 6.42 Å². The number of hydrogen-bond acceptors (Lipinski definition) is 5. The molecule has 3 rings (SSSR count). The number of nitriles is 1. The van der Waals surface area contributed by atoms with Gasteiger partial charge in [0.1, 0.15) is 11.1 Å². The van der Waals surface area contributed by atoms with E-state index in [0.29, 0.717) is 30.2 Å². The van der Waals surface area contributed by atoms with Crippen molar-refractivity contribution >= 4 is 35.2 Å². The van der Waals surface area contributed by atoms with Gasteiger partial charge in [-0.2, -0.15) is 15.4 Å². The molecule has 142 valence electrons. The number of nitrogens with zero attached hydrogens (tertiary/aromatic N) is 5. The minimum absolute atomic E-state index is 0.323. The summed E-state index contributed by atoms with van der Waals surface area (Å²) < 4.78 is 23.5. The first-order valence-electron chi connectivity index (χ1n) is 8.79. The van der Waals surface area contributed by atoms with Gasteiger partial charge in [0.25, 0.3) is 0 Å². The molecule has 0 fully saturated rings. The van der Waals surface area contributed by atoms with Crippen molar-refractivity contribution in [2.45, 2.75) is 33.7 Å². The number of rotatable bonds is 6. The fourth-order valence-electron chi connectivity index (χ4n) is 3.10. The molecule has 6 nitrogen and oxygen atoms in total. The van der Waals surface area contributed by atoms with Crippen LogP contribution >= 0.6 is 6.42 Å². The standard InChI is InChI=1S/C18H21FN5OPS/c1-4-23(5-2)26(27)16-13(3)22-24(12-6-11-20)17(16)21-18(25-26)14-7-9-15(19)10-8-14/h7-10H,4-6,12H2,1-3H3/t26-/m1/s1. The number of halogens is 1. The normalized spacial score (nSPS) is 18.6. The second-order valence-corrected chi connectivity index (χ2v) is 9.78. The van der Waals surface area contributed by atoms with Crippen LogP contribution in [0.1, 0.15) is 31.5 Å². The van der Waals surface area contributed by atoms with E-state index in [-0.39, 0.29) is 5.82 Å². The molecule has 1 aliphatic rings. The summed E-state index contributed by atoms with van der Waals surface area (Å²) in [6.07, 6.45) is -2.30. The smallest absolute Gasteiger partial charge is 0.227 e. The molecule has 0 amide bonds. The van der Waals surface area contributed by atoms with E-state index in [1.807, 2.05) is 20.8 Å². The fraction of sp³-hybridized carbons (Fsp3) is 0.389. The molecule has 0 saturated heterocycles. The molecule has 1 aliphatic heterocycles. The highest BCUT2D eigenvalue weighted by Crippen LogP contribution is 2.55. The minimum Gasteiger partial charge on any atom is -0.431 e. The maximum Gasteiger partial charge on any atom is 0.227 e. The van der Waals surface area contributed by atoms with Gasteiger partial charge in [-0.05, 0) is 43.0 Å². The van der Waals surface area contributed by atoms with Crippen molar-refractivity contribution in [2.24, 2.45) is 4.99 Å². The first-order valence-corrected chi connectivity index (χ1v) is 11.5. The van der Waals surface area contributed by atoms with Crippen molar-refractivity contribution in [3.8, 4) is 6.07 Å². The first kappa shape index (κ1) is 19.7. The van der Waals surface area contributed by atoms with Gasteiger partial charge in [0, 0.05) is 18.7 Å². The fourth-order valence-corrected chi connectivity index (χ4v) is 7.13. The minimum atomic E-state index is -2.62. The van der Waals surface area contributed by atoms with Crippen molar-refractivity contribution in [1.82, 2.24) is 14.5 Å². The van der Waals surface area contributed by atoms with E-state index in [1.165, 1.54) is 12.1 Å². The molecular weight excluding hydrogens is 384 g/mol. The lowest BCUT2D eigenvalue weighted by Crippen LogP contribution is -2.32. The second kappa shape index (κ2) is 7.89. The highest BCUT2D eigenvalue weighted by Gasteiger charge is 2.40. The SMILES string of the molecule is CCN(CC)[P@@]1(=S)OC(c2ccc(F)cc2)=Nc2c1c(C)nn2CCC#N. The van der Waals surface area contributed by atoms with E-state index in [1.54, 1.807) is 16.8 Å². The summed E-state index contributed by atoms with van der Waals surface area (Å²) in [5, 5.41) is 14.4. The Hall–Kier alpha value is -2.07. The zero-order valence-corrected chi connectivity index (χ0v) is 17.2. The topological polar surface area (TPSA) is 66.4 Å². The molecule has 0 radical (unpaired) electrons. The van der Waals surface area contributed by atoms with Gasteiger partial charge in [-0.25, -0.2) is 13.7 Å².